The van der Waals surface area contributed by atoms with Crippen LogP contribution in [0.25, 0.3) is 0 Å². The zero-order chi connectivity index (χ0) is 17.3. The summed E-state index contributed by atoms with van der Waals surface area (Å²) in [5.74, 6) is -0.0810. The van der Waals surface area contributed by atoms with Gasteiger partial charge in [-0.1, -0.05) is 18.5 Å². The normalized spacial score (nSPS) is 16.5. The van der Waals surface area contributed by atoms with Crippen LogP contribution in [0.1, 0.15) is 34.1 Å². The number of rotatable bonds is 4. The molecule has 24 heavy (non-hydrogen) atoms. The Labute approximate surface area is 148 Å². The lowest BCUT2D eigenvalue weighted by Crippen LogP contribution is -2.20. The molecule has 0 aromatic carbocycles. The SMILES string of the molecule is COC(=O)c1c(NC(=O)Cn2cc(Cl)cn2)sc2c1CCC(C)C2. The number of hydrogen-bond donors (Lipinski definition) is 1. The fraction of sp³-hybridized carbons (Fsp3) is 0.438. The van der Waals surface area contributed by atoms with Gasteiger partial charge >= 0.3 is 5.97 Å². The molecule has 0 radical (unpaired) electrons. The molecule has 1 atom stereocenters. The van der Waals surface area contributed by atoms with Crippen LogP contribution in [-0.2, 0) is 28.9 Å². The Morgan fingerprint density at radius 2 is 2.33 bits per heavy atom. The van der Waals surface area contributed by atoms with E-state index in [2.05, 4.69) is 17.3 Å². The molecule has 1 N–H and O–H groups in total. The summed E-state index contributed by atoms with van der Waals surface area (Å²) < 4.78 is 6.36. The molecule has 0 saturated carbocycles. The molecule has 2 aromatic rings. The minimum absolute atomic E-state index is 0.0340. The van der Waals surface area contributed by atoms with Crippen LogP contribution < -0.4 is 5.32 Å². The van der Waals surface area contributed by atoms with Gasteiger partial charge in [0.25, 0.3) is 0 Å². The van der Waals surface area contributed by atoms with Gasteiger partial charge in [-0.2, -0.15) is 5.10 Å². The second-order valence-electron chi connectivity index (χ2n) is 5.95. The van der Waals surface area contributed by atoms with Gasteiger partial charge in [0.2, 0.25) is 5.91 Å². The number of methoxy groups -OCH3 is 1. The highest BCUT2D eigenvalue weighted by Crippen LogP contribution is 2.40. The van der Waals surface area contributed by atoms with Gasteiger partial charge in [-0.15, -0.1) is 11.3 Å². The van der Waals surface area contributed by atoms with Crippen LogP contribution in [0.5, 0.6) is 0 Å². The number of esters is 1. The number of carbonyl (C=O) groups is 2. The number of ether oxygens (including phenoxy) is 1. The van der Waals surface area contributed by atoms with Crippen LogP contribution in [0.2, 0.25) is 5.02 Å². The van der Waals surface area contributed by atoms with Crippen LogP contribution in [0.4, 0.5) is 5.00 Å². The Morgan fingerprint density at radius 1 is 1.54 bits per heavy atom. The third kappa shape index (κ3) is 3.47. The Bertz CT molecular complexity index is 784. The number of carbonyl (C=O) groups excluding carboxylic acids is 2. The molecule has 1 aliphatic rings. The first-order chi connectivity index (χ1) is 11.5. The number of anilines is 1. The fourth-order valence-electron chi connectivity index (χ4n) is 2.89. The Kier molecular flexibility index (Phi) is 4.91. The smallest absolute Gasteiger partial charge is 0.341 e. The van der Waals surface area contributed by atoms with Crippen molar-refractivity contribution >= 4 is 39.8 Å². The molecule has 1 aliphatic carbocycles. The van der Waals surface area contributed by atoms with E-state index in [0.29, 0.717) is 21.5 Å². The van der Waals surface area contributed by atoms with Gasteiger partial charge in [0.05, 0.1) is 23.9 Å². The highest BCUT2D eigenvalue weighted by Gasteiger charge is 2.28. The summed E-state index contributed by atoms with van der Waals surface area (Å²) in [5, 5.41) is 7.84. The number of halogens is 1. The topological polar surface area (TPSA) is 73.2 Å². The zero-order valence-electron chi connectivity index (χ0n) is 13.5. The molecule has 2 heterocycles. The number of nitrogens with one attached hydrogen (secondary N) is 1. The fourth-order valence-corrected chi connectivity index (χ4v) is 4.47. The second-order valence-corrected chi connectivity index (χ2v) is 7.49. The van der Waals surface area contributed by atoms with E-state index in [1.807, 2.05) is 0 Å². The maximum absolute atomic E-state index is 12.3. The van der Waals surface area contributed by atoms with Crippen LogP contribution in [0.15, 0.2) is 12.4 Å². The van der Waals surface area contributed by atoms with Gasteiger partial charge < -0.3 is 10.1 Å². The highest BCUT2D eigenvalue weighted by atomic mass is 35.5. The first-order valence-electron chi connectivity index (χ1n) is 7.68. The minimum atomic E-state index is -0.403. The first-order valence-corrected chi connectivity index (χ1v) is 8.88. The van der Waals surface area contributed by atoms with Crippen molar-refractivity contribution in [3.05, 3.63) is 33.4 Å². The molecule has 1 amide bonds. The van der Waals surface area contributed by atoms with Gasteiger partial charge in [0, 0.05) is 11.1 Å². The molecule has 0 spiro atoms. The van der Waals surface area contributed by atoms with Crippen molar-refractivity contribution in [2.24, 2.45) is 5.92 Å². The summed E-state index contributed by atoms with van der Waals surface area (Å²) in [5.41, 5.74) is 1.51. The van der Waals surface area contributed by atoms with Gasteiger partial charge in [-0.3, -0.25) is 9.48 Å². The van der Waals surface area contributed by atoms with E-state index in [1.165, 1.54) is 29.3 Å². The van der Waals surface area contributed by atoms with Gasteiger partial charge in [0.15, 0.2) is 0 Å². The van der Waals surface area contributed by atoms with Crippen molar-refractivity contribution in [1.29, 1.82) is 0 Å². The number of nitrogens with zero attached hydrogens (tertiary/aromatic N) is 2. The third-order valence-electron chi connectivity index (χ3n) is 4.06. The minimum Gasteiger partial charge on any atom is -0.465 e. The van der Waals surface area contributed by atoms with E-state index in [9.17, 15) is 9.59 Å². The average molecular weight is 368 g/mol. The summed E-state index contributed by atoms with van der Waals surface area (Å²) in [7, 11) is 1.36. The molecule has 1 unspecified atom stereocenters. The van der Waals surface area contributed by atoms with Crippen molar-refractivity contribution in [2.45, 2.75) is 32.7 Å². The standard InChI is InChI=1S/C16H18ClN3O3S/c1-9-3-4-11-12(5-9)24-15(14(11)16(22)23-2)19-13(21)8-20-7-10(17)6-18-20/h6-7,9H,3-5,8H2,1-2H3,(H,19,21). The predicted molar refractivity (Wildman–Crippen MR) is 92.7 cm³/mol. The Balaban J connectivity index is 1.84. The van der Waals surface area contributed by atoms with Crippen LogP contribution in [-0.4, -0.2) is 28.8 Å². The molecule has 0 aliphatic heterocycles. The second kappa shape index (κ2) is 6.94. The lowest BCUT2D eigenvalue weighted by atomic mass is 9.88. The number of hydrogen-bond acceptors (Lipinski definition) is 5. The Hall–Kier alpha value is -1.86. The molecule has 0 fully saturated rings. The van der Waals surface area contributed by atoms with Crippen molar-refractivity contribution < 1.29 is 14.3 Å². The van der Waals surface area contributed by atoms with Crippen LogP contribution in [0.3, 0.4) is 0 Å². The highest BCUT2D eigenvalue weighted by molar-refractivity contribution is 7.17. The van der Waals surface area contributed by atoms with Gasteiger partial charge in [0.1, 0.15) is 11.5 Å². The van der Waals surface area contributed by atoms with Crippen molar-refractivity contribution in [3.8, 4) is 0 Å². The molecule has 128 valence electrons. The summed E-state index contributed by atoms with van der Waals surface area (Å²) >= 11 is 7.26. The molecule has 6 nitrogen and oxygen atoms in total. The molecular weight excluding hydrogens is 350 g/mol. The van der Waals surface area contributed by atoms with Crippen molar-refractivity contribution in [2.75, 3.05) is 12.4 Å². The third-order valence-corrected chi connectivity index (χ3v) is 5.43. The molecular formula is C16H18ClN3O3S. The summed E-state index contributed by atoms with van der Waals surface area (Å²) in [6.45, 7) is 2.23. The van der Waals surface area contributed by atoms with E-state index in [-0.39, 0.29) is 12.5 Å². The number of fused-ring (bicyclic) bond motifs is 1. The van der Waals surface area contributed by atoms with E-state index in [0.717, 1.165) is 29.7 Å². The van der Waals surface area contributed by atoms with E-state index in [1.54, 1.807) is 6.20 Å². The quantitative estimate of drug-likeness (QED) is 0.842. The molecule has 0 saturated heterocycles. The van der Waals surface area contributed by atoms with Gasteiger partial charge in [-0.05, 0) is 30.7 Å². The number of aromatic nitrogens is 2. The number of amides is 1. The van der Waals surface area contributed by atoms with E-state index in [4.69, 9.17) is 16.3 Å². The Morgan fingerprint density at radius 3 is 3.00 bits per heavy atom. The lowest BCUT2D eigenvalue weighted by Gasteiger charge is -2.18. The van der Waals surface area contributed by atoms with Crippen molar-refractivity contribution in [1.82, 2.24) is 9.78 Å². The largest absolute Gasteiger partial charge is 0.465 e. The molecule has 8 heteroatoms. The zero-order valence-corrected chi connectivity index (χ0v) is 15.0. The maximum Gasteiger partial charge on any atom is 0.341 e. The van der Waals surface area contributed by atoms with Gasteiger partial charge in [-0.25, -0.2) is 4.79 Å². The van der Waals surface area contributed by atoms with Crippen LogP contribution in [0, 0.1) is 5.92 Å². The summed E-state index contributed by atoms with van der Waals surface area (Å²) in [6.07, 6.45) is 5.84. The monoisotopic (exact) mass is 367 g/mol. The summed E-state index contributed by atoms with van der Waals surface area (Å²) in [6, 6.07) is 0. The van der Waals surface area contributed by atoms with Crippen molar-refractivity contribution in [3.63, 3.8) is 0 Å². The first kappa shape index (κ1) is 17.0. The maximum atomic E-state index is 12.3. The summed E-state index contributed by atoms with van der Waals surface area (Å²) in [4.78, 5) is 25.6. The molecule has 2 aromatic heterocycles. The molecule has 3 rings (SSSR count). The number of thiophene rings is 1. The van der Waals surface area contributed by atoms with E-state index >= 15 is 0 Å². The van der Waals surface area contributed by atoms with Crippen LogP contribution >= 0.6 is 22.9 Å². The van der Waals surface area contributed by atoms with E-state index < -0.39 is 5.97 Å². The lowest BCUT2D eigenvalue weighted by molar-refractivity contribution is -0.116. The molecule has 0 bridgehead atoms. The average Bonchev–Trinajstić information content (AvgIpc) is 3.09. The predicted octanol–water partition coefficient (Wildman–Crippen LogP) is 3.15.